The molecule has 0 amide bonds. The minimum absolute atomic E-state index is 0.0559. The molecule has 2 heteroatoms. The molecule has 0 unspecified atom stereocenters. The number of para-hydroxylation sites is 3. The van der Waals surface area contributed by atoms with Crippen molar-refractivity contribution in [3.05, 3.63) is 229 Å². The summed E-state index contributed by atoms with van der Waals surface area (Å²) in [6.07, 6.45) is 0. The maximum Gasteiger partial charge on any atom is 0.0543 e. The Bertz CT molecular complexity index is 3400. The van der Waals surface area contributed by atoms with Gasteiger partial charge < -0.3 is 9.47 Å². The fraction of sp³-hybridized carbons (Fsp3) is 0.100. The van der Waals surface area contributed by atoms with Crippen LogP contribution in [0.1, 0.15) is 49.9 Å². The molecule has 0 atom stereocenters. The second-order valence-electron chi connectivity index (χ2n) is 18.1. The monoisotopic (exact) mass is 794 g/mol. The Labute approximate surface area is 364 Å². The molecule has 0 N–H and O–H groups in total. The van der Waals surface area contributed by atoms with Crippen molar-refractivity contribution in [2.75, 3.05) is 4.90 Å². The van der Waals surface area contributed by atoms with Crippen LogP contribution in [0, 0.1) is 0 Å². The number of aromatic nitrogens is 1. The molecule has 2 aliphatic carbocycles. The van der Waals surface area contributed by atoms with Crippen molar-refractivity contribution >= 4 is 38.9 Å². The number of hydrogen-bond acceptors (Lipinski definition) is 1. The van der Waals surface area contributed by atoms with E-state index in [0.29, 0.717) is 0 Å². The summed E-state index contributed by atoms with van der Waals surface area (Å²) in [6, 6.07) is 76.6. The maximum atomic E-state index is 2.51. The molecule has 1 heterocycles. The van der Waals surface area contributed by atoms with Gasteiger partial charge in [0.15, 0.2) is 0 Å². The van der Waals surface area contributed by atoms with Gasteiger partial charge in [-0.3, -0.25) is 0 Å². The van der Waals surface area contributed by atoms with Gasteiger partial charge in [-0.15, -0.1) is 0 Å². The Morgan fingerprint density at radius 1 is 0.355 bits per heavy atom. The lowest BCUT2D eigenvalue weighted by Crippen LogP contribution is -2.16. The highest BCUT2D eigenvalue weighted by molar-refractivity contribution is 6.11. The minimum atomic E-state index is -0.129. The zero-order valence-electron chi connectivity index (χ0n) is 35.5. The number of anilines is 3. The average Bonchev–Trinajstić information content (AvgIpc) is 3.86. The van der Waals surface area contributed by atoms with Crippen LogP contribution in [-0.2, 0) is 10.8 Å². The molecule has 1 aromatic heterocycles. The number of benzene rings is 9. The third kappa shape index (κ3) is 5.29. The number of nitrogens with zero attached hydrogens (tertiary/aromatic N) is 2. The molecule has 62 heavy (non-hydrogen) atoms. The van der Waals surface area contributed by atoms with E-state index in [9.17, 15) is 0 Å². The standard InChI is InChI=1S/C60H46N2/c1-59(2)51-24-13-9-22-48(51)58-52(59)25-16-28-57(58)62(43-33-29-39(30-34-43)40-31-35-46-45-20-8-12-23-50(45)60(3,4)53(46)38-40)54-26-14-10-19-44(54)41-32-36-56-49(37-41)47-21-11-15-27-55(47)61(56)42-17-6-5-7-18-42/h5-38H,1-4H3. The van der Waals surface area contributed by atoms with Crippen molar-refractivity contribution in [3.63, 3.8) is 0 Å². The highest BCUT2D eigenvalue weighted by Gasteiger charge is 2.38. The smallest absolute Gasteiger partial charge is 0.0543 e. The van der Waals surface area contributed by atoms with Gasteiger partial charge in [-0.05, 0) is 116 Å². The average molecular weight is 795 g/mol. The predicted octanol–water partition coefficient (Wildman–Crippen LogP) is 16.2. The molecule has 0 fully saturated rings. The maximum absolute atomic E-state index is 2.51. The summed E-state index contributed by atoms with van der Waals surface area (Å²) in [6.45, 7) is 9.45. The topological polar surface area (TPSA) is 8.17 Å². The Morgan fingerprint density at radius 3 is 1.73 bits per heavy atom. The molecule has 2 aliphatic rings. The third-order valence-corrected chi connectivity index (χ3v) is 14.0. The summed E-state index contributed by atoms with van der Waals surface area (Å²) in [5.74, 6) is 0. The summed E-state index contributed by atoms with van der Waals surface area (Å²) in [7, 11) is 0. The van der Waals surface area contributed by atoms with E-state index in [1.54, 1.807) is 0 Å². The van der Waals surface area contributed by atoms with E-state index in [0.717, 1.165) is 17.1 Å². The van der Waals surface area contributed by atoms with Gasteiger partial charge in [0, 0.05) is 44.1 Å². The van der Waals surface area contributed by atoms with Crippen LogP contribution in [-0.4, -0.2) is 4.57 Å². The molecule has 0 saturated heterocycles. The summed E-state index contributed by atoms with van der Waals surface area (Å²) in [5, 5.41) is 2.49. The molecule has 0 bridgehead atoms. The van der Waals surface area contributed by atoms with Crippen molar-refractivity contribution in [2.24, 2.45) is 0 Å². The van der Waals surface area contributed by atoms with Crippen molar-refractivity contribution in [1.82, 2.24) is 4.57 Å². The van der Waals surface area contributed by atoms with E-state index in [4.69, 9.17) is 0 Å². The lowest BCUT2D eigenvalue weighted by Gasteiger charge is -2.30. The summed E-state index contributed by atoms with van der Waals surface area (Å²) in [5.41, 5.74) is 22.4. The van der Waals surface area contributed by atoms with Crippen LogP contribution in [0.15, 0.2) is 206 Å². The molecular weight excluding hydrogens is 749 g/mol. The second-order valence-corrected chi connectivity index (χ2v) is 18.1. The predicted molar refractivity (Wildman–Crippen MR) is 261 cm³/mol. The molecule has 10 aromatic rings. The Hall–Kier alpha value is -7.42. The molecule has 12 rings (SSSR count). The van der Waals surface area contributed by atoms with E-state index >= 15 is 0 Å². The highest BCUT2D eigenvalue weighted by Crippen LogP contribution is 2.55. The first-order chi connectivity index (χ1) is 30.3. The fourth-order valence-electron chi connectivity index (χ4n) is 10.9. The highest BCUT2D eigenvalue weighted by atomic mass is 15.1. The largest absolute Gasteiger partial charge is 0.309 e. The van der Waals surface area contributed by atoms with Crippen LogP contribution in [0.25, 0.3) is 72.0 Å². The van der Waals surface area contributed by atoms with E-state index in [2.05, 4.69) is 243 Å². The molecular formula is C60H46N2. The van der Waals surface area contributed by atoms with Crippen LogP contribution in [0.2, 0.25) is 0 Å². The van der Waals surface area contributed by atoms with Crippen LogP contribution >= 0.6 is 0 Å². The van der Waals surface area contributed by atoms with Gasteiger partial charge in [0.05, 0.1) is 22.4 Å². The van der Waals surface area contributed by atoms with Gasteiger partial charge in [-0.2, -0.15) is 0 Å². The van der Waals surface area contributed by atoms with Crippen molar-refractivity contribution < 1.29 is 0 Å². The summed E-state index contributed by atoms with van der Waals surface area (Å²) >= 11 is 0. The Balaban J connectivity index is 1.04. The van der Waals surface area contributed by atoms with Gasteiger partial charge in [-0.25, -0.2) is 0 Å². The molecule has 296 valence electrons. The van der Waals surface area contributed by atoms with Gasteiger partial charge in [0.1, 0.15) is 0 Å². The summed E-state index contributed by atoms with van der Waals surface area (Å²) < 4.78 is 2.39. The minimum Gasteiger partial charge on any atom is -0.309 e. The van der Waals surface area contributed by atoms with Gasteiger partial charge in [0.2, 0.25) is 0 Å². The lowest BCUT2D eigenvalue weighted by molar-refractivity contribution is 0.660. The molecule has 2 nitrogen and oxygen atoms in total. The zero-order chi connectivity index (χ0) is 41.7. The van der Waals surface area contributed by atoms with Crippen LogP contribution in [0.5, 0.6) is 0 Å². The molecule has 0 spiro atoms. The fourth-order valence-corrected chi connectivity index (χ4v) is 10.9. The van der Waals surface area contributed by atoms with Crippen molar-refractivity contribution in [2.45, 2.75) is 38.5 Å². The molecule has 0 aliphatic heterocycles. The quantitative estimate of drug-likeness (QED) is 0.163. The van der Waals surface area contributed by atoms with Gasteiger partial charge in [0.25, 0.3) is 0 Å². The lowest BCUT2D eigenvalue weighted by atomic mass is 9.81. The molecule has 0 saturated carbocycles. The SMILES string of the molecule is CC1(C)c2ccccc2-c2ccc(-c3ccc(N(c4ccccc4-c4ccc5c(c4)c4ccccc4n5-c4ccccc4)c4cccc5c4-c4ccccc4C5(C)C)cc3)cc21. The zero-order valence-corrected chi connectivity index (χ0v) is 35.5. The van der Waals surface area contributed by atoms with E-state index in [-0.39, 0.29) is 10.8 Å². The van der Waals surface area contributed by atoms with Crippen LogP contribution in [0.3, 0.4) is 0 Å². The second kappa shape index (κ2) is 13.5. The number of hydrogen-bond donors (Lipinski definition) is 0. The van der Waals surface area contributed by atoms with Crippen molar-refractivity contribution in [3.8, 4) is 50.2 Å². The first-order valence-corrected chi connectivity index (χ1v) is 21.9. The number of rotatable bonds is 6. The van der Waals surface area contributed by atoms with Crippen LogP contribution in [0.4, 0.5) is 17.1 Å². The van der Waals surface area contributed by atoms with E-state index in [1.165, 1.54) is 94.3 Å². The molecule has 9 aromatic carbocycles. The van der Waals surface area contributed by atoms with Crippen LogP contribution < -0.4 is 4.90 Å². The molecule has 0 radical (unpaired) electrons. The normalized spacial score (nSPS) is 14.1. The van der Waals surface area contributed by atoms with Crippen molar-refractivity contribution in [1.29, 1.82) is 0 Å². The van der Waals surface area contributed by atoms with Gasteiger partial charge >= 0.3 is 0 Å². The summed E-state index contributed by atoms with van der Waals surface area (Å²) in [4.78, 5) is 2.51. The third-order valence-electron chi connectivity index (χ3n) is 14.0. The Kier molecular flexibility index (Phi) is 7.96. The first-order valence-electron chi connectivity index (χ1n) is 21.9. The Morgan fingerprint density at radius 2 is 0.919 bits per heavy atom. The first kappa shape index (κ1) is 36.4. The van der Waals surface area contributed by atoms with E-state index in [1.807, 2.05) is 0 Å². The van der Waals surface area contributed by atoms with E-state index < -0.39 is 0 Å². The number of fused-ring (bicyclic) bond motifs is 9. The van der Waals surface area contributed by atoms with Gasteiger partial charge in [-0.1, -0.05) is 173 Å².